The summed E-state index contributed by atoms with van der Waals surface area (Å²) >= 11 is 0. The first-order chi connectivity index (χ1) is 12.9. The van der Waals surface area contributed by atoms with Crippen LogP contribution in [0.3, 0.4) is 0 Å². The molecule has 0 spiro atoms. The van der Waals surface area contributed by atoms with Gasteiger partial charge < -0.3 is 14.2 Å². The Morgan fingerprint density at radius 1 is 0.926 bits per heavy atom. The van der Waals surface area contributed by atoms with Gasteiger partial charge in [0, 0.05) is 18.3 Å². The average molecular weight is 376 g/mol. The number of rotatable bonds is 6. The molecule has 1 fully saturated rings. The Labute approximate surface area is 158 Å². The van der Waals surface area contributed by atoms with Crippen LogP contribution < -0.4 is 0 Å². The summed E-state index contributed by atoms with van der Waals surface area (Å²) in [6.07, 6.45) is 2.62. The monoisotopic (exact) mass is 376 g/mol. The molecule has 1 aliphatic carbocycles. The fraction of sp³-hybridized carbons (Fsp3) is 0.500. The van der Waals surface area contributed by atoms with Crippen LogP contribution in [-0.4, -0.2) is 45.0 Å². The predicted octanol–water partition coefficient (Wildman–Crippen LogP) is 2.28. The van der Waals surface area contributed by atoms with Gasteiger partial charge in [0.2, 0.25) is 0 Å². The second kappa shape index (κ2) is 9.30. The Kier molecular flexibility index (Phi) is 7.10. The topological polar surface area (TPSA) is 96.0 Å². The molecule has 0 radical (unpaired) electrons. The molecule has 0 N–H and O–H groups in total. The lowest BCUT2D eigenvalue weighted by molar-refractivity contribution is -0.161. The highest BCUT2D eigenvalue weighted by molar-refractivity contribution is 5.97. The summed E-state index contributed by atoms with van der Waals surface area (Å²) in [5.41, 5.74) is 0.936. The van der Waals surface area contributed by atoms with Gasteiger partial charge in [-0.05, 0) is 30.5 Å². The Morgan fingerprint density at radius 3 is 2.00 bits per heavy atom. The molecular weight excluding hydrogens is 352 g/mol. The summed E-state index contributed by atoms with van der Waals surface area (Å²) < 4.78 is 14.3. The number of methoxy groups -OCH3 is 3. The molecule has 1 aliphatic rings. The van der Waals surface area contributed by atoms with E-state index in [1.54, 1.807) is 24.3 Å². The highest BCUT2D eigenvalue weighted by Crippen LogP contribution is 2.40. The molecule has 27 heavy (non-hydrogen) atoms. The fourth-order valence-electron chi connectivity index (χ4n) is 3.65. The SMILES string of the molecule is COC(=O)c1ccc([C@H](C(C(=O)OC)C(=O)OC)[C@@H]2CCCCC2=O)cc1. The molecule has 0 bridgehead atoms. The van der Waals surface area contributed by atoms with E-state index in [0.29, 0.717) is 24.0 Å². The van der Waals surface area contributed by atoms with E-state index in [1.807, 2.05) is 0 Å². The molecule has 2 atom stereocenters. The van der Waals surface area contributed by atoms with Crippen molar-refractivity contribution in [2.75, 3.05) is 21.3 Å². The zero-order valence-electron chi connectivity index (χ0n) is 15.7. The Hall–Kier alpha value is -2.70. The van der Waals surface area contributed by atoms with Crippen LogP contribution in [0.15, 0.2) is 24.3 Å². The van der Waals surface area contributed by atoms with Crippen LogP contribution in [0.1, 0.15) is 47.5 Å². The third-order valence-electron chi connectivity index (χ3n) is 5.02. The largest absolute Gasteiger partial charge is 0.468 e. The molecule has 146 valence electrons. The van der Waals surface area contributed by atoms with Crippen LogP contribution in [0.25, 0.3) is 0 Å². The van der Waals surface area contributed by atoms with E-state index < -0.39 is 35.7 Å². The van der Waals surface area contributed by atoms with E-state index in [2.05, 4.69) is 4.74 Å². The third-order valence-corrected chi connectivity index (χ3v) is 5.02. The quantitative estimate of drug-likeness (QED) is 0.427. The summed E-state index contributed by atoms with van der Waals surface area (Å²) in [4.78, 5) is 49.0. The maximum Gasteiger partial charge on any atom is 0.337 e. The van der Waals surface area contributed by atoms with Crippen molar-refractivity contribution in [3.8, 4) is 0 Å². The van der Waals surface area contributed by atoms with E-state index in [1.165, 1.54) is 21.3 Å². The predicted molar refractivity (Wildman–Crippen MR) is 95.0 cm³/mol. The van der Waals surface area contributed by atoms with Gasteiger partial charge in [0.15, 0.2) is 5.92 Å². The number of benzene rings is 1. The lowest BCUT2D eigenvalue weighted by Gasteiger charge is -2.32. The molecule has 1 aromatic rings. The lowest BCUT2D eigenvalue weighted by atomic mass is 9.70. The first-order valence-corrected chi connectivity index (χ1v) is 8.81. The van der Waals surface area contributed by atoms with Gasteiger partial charge in [-0.3, -0.25) is 14.4 Å². The zero-order chi connectivity index (χ0) is 20.0. The van der Waals surface area contributed by atoms with Crippen molar-refractivity contribution in [1.82, 2.24) is 0 Å². The number of carbonyl (C=O) groups excluding carboxylic acids is 4. The fourth-order valence-corrected chi connectivity index (χ4v) is 3.65. The minimum absolute atomic E-state index is 0.0149. The highest BCUT2D eigenvalue weighted by atomic mass is 16.5. The van der Waals surface area contributed by atoms with Crippen LogP contribution >= 0.6 is 0 Å². The van der Waals surface area contributed by atoms with Crippen LogP contribution in [-0.2, 0) is 28.6 Å². The molecular formula is C20H24O7. The molecule has 2 rings (SSSR count). The first-order valence-electron chi connectivity index (χ1n) is 8.81. The number of ether oxygens (including phenoxy) is 3. The summed E-state index contributed by atoms with van der Waals surface area (Å²) in [7, 11) is 3.67. The number of hydrogen-bond acceptors (Lipinski definition) is 7. The molecule has 0 aliphatic heterocycles. The minimum Gasteiger partial charge on any atom is -0.468 e. The smallest absolute Gasteiger partial charge is 0.337 e. The Morgan fingerprint density at radius 2 is 1.52 bits per heavy atom. The van der Waals surface area contributed by atoms with Crippen molar-refractivity contribution >= 4 is 23.7 Å². The van der Waals surface area contributed by atoms with E-state index in [-0.39, 0.29) is 5.78 Å². The molecule has 0 unspecified atom stereocenters. The van der Waals surface area contributed by atoms with Crippen LogP contribution in [0, 0.1) is 11.8 Å². The Bertz CT molecular complexity index is 692. The molecule has 7 heteroatoms. The van der Waals surface area contributed by atoms with E-state index >= 15 is 0 Å². The highest BCUT2D eigenvalue weighted by Gasteiger charge is 2.44. The molecule has 1 aromatic carbocycles. The number of Topliss-reactive ketones (excluding diaryl/α,β-unsaturated/α-hetero) is 1. The third kappa shape index (κ3) is 4.53. The molecule has 0 amide bonds. The number of ketones is 1. The van der Waals surface area contributed by atoms with Gasteiger partial charge in [-0.25, -0.2) is 4.79 Å². The van der Waals surface area contributed by atoms with Gasteiger partial charge in [-0.1, -0.05) is 18.6 Å². The van der Waals surface area contributed by atoms with E-state index in [9.17, 15) is 19.2 Å². The summed E-state index contributed by atoms with van der Waals surface area (Å²) in [5, 5.41) is 0. The Balaban J connectivity index is 2.51. The van der Waals surface area contributed by atoms with Crippen molar-refractivity contribution in [3.05, 3.63) is 35.4 Å². The molecule has 0 heterocycles. The van der Waals surface area contributed by atoms with Gasteiger partial charge >= 0.3 is 17.9 Å². The van der Waals surface area contributed by atoms with Gasteiger partial charge in [-0.15, -0.1) is 0 Å². The van der Waals surface area contributed by atoms with Crippen molar-refractivity contribution in [1.29, 1.82) is 0 Å². The molecule has 7 nitrogen and oxygen atoms in total. The van der Waals surface area contributed by atoms with Crippen molar-refractivity contribution < 1.29 is 33.4 Å². The van der Waals surface area contributed by atoms with Crippen LogP contribution in [0.2, 0.25) is 0 Å². The maximum atomic E-state index is 12.6. The van der Waals surface area contributed by atoms with E-state index in [0.717, 1.165) is 12.8 Å². The molecule has 0 saturated heterocycles. The summed E-state index contributed by atoms with van der Waals surface area (Å²) in [6.45, 7) is 0. The van der Waals surface area contributed by atoms with Gasteiger partial charge in [0.1, 0.15) is 5.78 Å². The zero-order valence-corrected chi connectivity index (χ0v) is 15.7. The van der Waals surface area contributed by atoms with Crippen molar-refractivity contribution in [2.45, 2.75) is 31.6 Å². The number of carbonyl (C=O) groups is 4. The second-order valence-electron chi connectivity index (χ2n) is 6.48. The van der Waals surface area contributed by atoms with Crippen molar-refractivity contribution in [2.24, 2.45) is 11.8 Å². The van der Waals surface area contributed by atoms with Gasteiger partial charge in [0.05, 0.1) is 26.9 Å². The second-order valence-corrected chi connectivity index (χ2v) is 6.48. The average Bonchev–Trinajstić information content (AvgIpc) is 2.71. The normalized spacial score (nSPS) is 17.9. The van der Waals surface area contributed by atoms with Gasteiger partial charge in [-0.2, -0.15) is 0 Å². The van der Waals surface area contributed by atoms with Gasteiger partial charge in [0.25, 0.3) is 0 Å². The van der Waals surface area contributed by atoms with Crippen LogP contribution in [0.5, 0.6) is 0 Å². The minimum atomic E-state index is -1.25. The standard InChI is InChI=1S/C20H24O7/c1-25-18(22)13-10-8-12(9-11-13)16(14-6-4-5-7-15(14)21)17(19(23)26-2)20(24)27-3/h8-11,14,16-17H,4-7H2,1-3H3/t14-,16+/m1/s1. The summed E-state index contributed by atoms with van der Waals surface area (Å²) in [5.74, 6) is -4.44. The number of esters is 3. The van der Waals surface area contributed by atoms with E-state index in [4.69, 9.17) is 9.47 Å². The summed E-state index contributed by atoms with van der Waals surface area (Å²) in [6, 6.07) is 6.37. The molecule has 0 aromatic heterocycles. The maximum absolute atomic E-state index is 12.6. The number of hydrogen-bond donors (Lipinski definition) is 0. The van der Waals surface area contributed by atoms with Crippen molar-refractivity contribution in [3.63, 3.8) is 0 Å². The lowest BCUT2D eigenvalue weighted by Crippen LogP contribution is -2.39. The first kappa shape index (κ1) is 20.6. The van der Waals surface area contributed by atoms with Crippen LogP contribution in [0.4, 0.5) is 0 Å². The molecule has 1 saturated carbocycles.